The van der Waals surface area contributed by atoms with Crippen LogP contribution in [0.4, 0.5) is 5.69 Å². The molecule has 0 aliphatic carbocycles. The van der Waals surface area contributed by atoms with Gasteiger partial charge in [0.1, 0.15) is 5.75 Å². The third-order valence-corrected chi connectivity index (χ3v) is 4.30. The minimum atomic E-state index is 0.228. The van der Waals surface area contributed by atoms with Crippen molar-refractivity contribution in [3.8, 4) is 5.75 Å². The molecule has 2 unspecified atom stereocenters. The van der Waals surface area contributed by atoms with Crippen molar-refractivity contribution in [2.45, 2.75) is 38.3 Å². The maximum absolute atomic E-state index is 6.09. The van der Waals surface area contributed by atoms with Gasteiger partial charge in [0.15, 0.2) is 0 Å². The third kappa shape index (κ3) is 3.84. The fourth-order valence-electron chi connectivity index (χ4n) is 2.96. The number of benzene rings is 2. The highest BCUT2D eigenvalue weighted by Crippen LogP contribution is 2.34. The molecule has 1 saturated heterocycles. The van der Waals surface area contributed by atoms with Crippen molar-refractivity contribution in [3.05, 3.63) is 59.7 Å². The standard InChI is InChI=1S/C19H25N3O/c1-2-3-11-23-15-8-6-7-14(12-15)18-13-19(22-21-18)16-9-4-5-10-17(16)20/h4-10,12,18-19,21-22H,2-3,11,13,20H2,1H3. The molecule has 0 bridgehead atoms. The topological polar surface area (TPSA) is 59.3 Å². The largest absolute Gasteiger partial charge is 0.494 e. The maximum Gasteiger partial charge on any atom is 0.119 e. The second-order valence-electron chi connectivity index (χ2n) is 6.03. The van der Waals surface area contributed by atoms with E-state index < -0.39 is 0 Å². The van der Waals surface area contributed by atoms with E-state index >= 15 is 0 Å². The summed E-state index contributed by atoms with van der Waals surface area (Å²) in [6, 6.07) is 16.9. The van der Waals surface area contributed by atoms with Crippen molar-refractivity contribution in [1.82, 2.24) is 10.9 Å². The van der Waals surface area contributed by atoms with Crippen molar-refractivity contribution in [2.75, 3.05) is 12.3 Å². The zero-order chi connectivity index (χ0) is 16.1. The fourth-order valence-corrected chi connectivity index (χ4v) is 2.96. The van der Waals surface area contributed by atoms with Gasteiger partial charge < -0.3 is 10.5 Å². The number of nitrogens with one attached hydrogen (secondary N) is 2. The van der Waals surface area contributed by atoms with Gasteiger partial charge in [0.2, 0.25) is 0 Å². The Morgan fingerprint density at radius 2 is 1.91 bits per heavy atom. The van der Waals surface area contributed by atoms with Crippen LogP contribution in [0.1, 0.15) is 49.4 Å². The lowest BCUT2D eigenvalue weighted by Gasteiger charge is -2.13. The number of rotatable bonds is 6. The average Bonchev–Trinajstić information content (AvgIpc) is 3.06. The third-order valence-electron chi connectivity index (χ3n) is 4.30. The highest BCUT2D eigenvalue weighted by Gasteiger charge is 2.27. The Labute approximate surface area is 138 Å². The number of unbranched alkanes of at least 4 members (excludes halogenated alkanes) is 1. The molecule has 4 nitrogen and oxygen atoms in total. The molecular weight excluding hydrogens is 286 g/mol. The zero-order valence-electron chi connectivity index (χ0n) is 13.6. The highest BCUT2D eigenvalue weighted by molar-refractivity contribution is 5.48. The van der Waals surface area contributed by atoms with Crippen molar-refractivity contribution in [1.29, 1.82) is 0 Å². The Kier molecular flexibility index (Phi) is 5.16. The molecule has 122 valence electrons. The highest BCUT2D eigenvalue weighted by atomic mass is 16.5. The molecule has 1 fully saturated rings. The van der Waals surface area contributed by atoms with Crippen LogP contribution in [0.3, 0.4) is 0 Å². The van der Waals surface area contributed by atoms with Crippen LogP contribution >= 0.6 is 0 Å². The molecule has 1 aliphatic heterocycles. The maximum atomic E-state index is 6.09. The average molecular weight is 311 g/mol. The van der Waals surface area contributed by atoms with E-state index in [1.54, 1.807) is 0 Å². The van der Waals surface area contributed by atoms with E-state index in [0.717, 1.165) is 42.9 Å². The Morgan fingerprint density at radius 1 is 1.09 bits per heavy atom. The molecule has 2 aromatic rings. The summed E-state index contributed by atoms with van der Waals surface area (Å²) >= 11 is 0. The summed E-state index contributed by atoms with van der Waals surface area (Å²) in [5.41, 5.74) is 16.1. The summed E-state index contributed by atoms with van der Waals surface area (Å²) in [5.74, 6) is 0.945. The normalized spacial score (nSPS) is 20.6. The molecule has 4 N–H and O–H groups in total. The molecule has 4 heteroatoms. The van der Waals surface area contributed by atoms with Crippen LogP contribution in [0, 0.1) is 0 Å². The predicted molar refractivity (Wildman–Crippen MR) is 94.1 cm³/mol. The molecule has 1 heterocycles. The SMILES string of the molecule is CCCCOc1cccc(C2CC(c3ccccc3N)NN2)c1. The molecule has 2 atom stereocenters. The lowest BCUT2D eigenvalue weighted by Crippen LogP contribution is -2.27. The van der Waals surface area contributed by atoms with Gasteiger partial charge in [-0.3, -0.25) is 0 Å². The van der Waals surface area contributed by atoms with Crippen LogP contribution in [-0.2, 0) is 0 Å². The summed E-state index contributed by atoms with van der Waals surface area (Å²) < 4.78 is 5.81. The number of anilines is 1. The van der Waals surface area contributed by atoms with E-state index in [1.165, 1.54) is 5.56 Å². The van der Waals surface area contributed by atoms with Gasteiger partial charge in [0, 0.05) is 11.7 Å². The molecule has 0 radical (unpaired) electrons. The Balaban J connectivity index is 1.67. The zero-order valence-corrected chi connectivity index (χ0v) is 13.6. The number of para-hydroxylation sites is 1. The first-order chi connectivity index (χ1) is 11.3. The van der Waals surface area contributed by atoms with Crippen LogP contribution in [-0.4, -0.2) is 6.61 Å². The summed E-state index contributed by atoms with van der Waals surface area (Å²) in [6.45, 7) is 2.95. The van der Waals surface area contributed by atoms with Crippen molar-refractivity contribution in [3.63, 3.8) is 0 Å². The molecule has 2 aromatic carbocycles. The van der Waals surface area contributed by atoms with Gasteiger partial charge in [-0.25, -0.2) is 10.9 Å². The van der Waals surface area contributed by atoms with Gasteiger partial charge in [-0.1, -0.05) is 43.7 Å². The van der Waals surface area contributed by atoms with E-state index in [4.69, 9.17) is 10.5 Å². The smallest absolute Gasteiger partial charge is 0.119 e. The number of nitrogens with two attached hydrogens (primary N) is 1. The Morgan fingerprint density at radius 3 is 2.74 bits per heavy atom. The molecule has 3 rings (SSSR count). The second kappa shape index (κ2) is 7.49. The minimum Gasteiger partial charge on any atom is -0.494 e. The van der Waals surface area contributed by atoms with E-state index in [0.29, 0.717) is 0 Å². The van der Waals surface area contributed by atoms with E-state index in [9.17, 15) is 0 Å². The molecule has 23 heavy (non-hydrogen) atoms. The van der Waals surface area contributed by atoms with Crippen molar-refractivity contribution >= 4 is 5.69 Å². The number of hydrogen-bond donors (Lipinski definition) is 3. The van der Waals surface area contributed by atoms with Crippen molar-refractivity contribution in [2.24, 2.45) is 0 Å². The van der Waals surface area contributed by atoms with Crippen LogP contribution in [0.15, 0.2) is 48.5 Å². The number of hydrogen-bond acceptors (Lipinski definition) is 4. The molecule has 0 amide bonds. The lowest BCUT2D eigenvalue weighted by atomic mass is 9.96. The molecule has 0 spiro atoms. The van der Waals surface area contributed by atoms with Crippen LogP contribution in [0.2, 0.25) is 0 Å². The van der Waals surface area contributed by atoms with Crippen LogP contribution in [0.5, 0.6) is 5.75 Å². The first kappa shape index (κ1) is 15.8. The van der Waals surface area contributed by atoms with E-state index in [2.05, 4.69) is 42.0 Å². The first-order valence-corrected chi connectivity index (χ1v) is 8.36. The molecule has 0 aromatic heterocycles. The second-order valence-corrected chi connectivity index (χ2v) is 6.03. The predicted octanol–water partition coefficient (Wildman–Crippen LogP) is 3.73. The van der Waals surface area contributed by atoms with Gasteiger partial charge >= 0.3 is 0 Å². The summed E-state index contributed by atoms with van der Waals surface area (Å²) in [5, 5.41) is 0. The van der Waals surface area contributed by atoms with E-state index in [1.807, 2.05) is 24.3 Å². The quantitative estimate of drug-likeness (QED) is 0.562. The molecule has 0 saturated carbocycles. The Hall–Kier alpha value is -2.04. The summed E-state index contributed by atoms with van der Waals surface area (Å²) in [6.07, 6.45) is 3.20. The fraction of sp³-hybridized carbons (Fsp3) is 0.368. The van der Waals surface area contributed by atoms with Gasteiger partial charge in [0.25, 0.3) is 0 Å². The molecule has 1 aliphatic rings. The monoisotopic (exact) mass is 311 g/mol. The lowest BCUT2D eigenvalue weighted by molar-refractivity contribution is 0.309. The summed E-state index contributed by atoms with van der Waals surface area (Å²) in [4.78, 5) is 0. The van der Waals surface area contributed by atoms with E-state index in [-0.39, 0.29) is 12.1 Å². The first-order valence-electron chi connectivity index (χ1n) is 8.36. The van der Waals surface area contributed by atoms with Gasteiger partial charge in [-0.2, -0.15) is 0 Å². The summed E-state index contributed by atoms with van der Waals surface area (Å²) in [7, 11) is 0. The minimum absolute atomic E-state index is 0.228. The number of nitrogen functional groups attached to an aromatic ring is 1. The van der Waals surface area contributed by atoms with Gasteiger partial charge in [-0.05, 0) is 42.2 Å². The Bertz CT molecular complexity index is 644. The van der Waals surface area contributed by atoms with Gasteiger partial charge in [0.05, 0.1) is 12.6 Å². The number of hydrazine groups is 1. The van der Waals surface area contributed by atoms with Crippen LogP contribution in [0.25, 0.3) is 0 Å². The number of ether oxygens (including phenoxy) is 1. The molecular formula is C19H25N3O. The van der Waals surface area contributed by atoms with Crippen molar-refractivity contribution < 1.29 is 4.74 Å². The van der Waals surface area contributed by atoms with Gasteiger partial charge in [-0.15, -0.1) is 0 Å². The van der Waals surface area contributed by atoms with Crippen LogP contribution < -0.4 is 21.3 Å².